The highest BCUT2D eigenvalue weighted by molar-refractivity contribution is 5.89. The van der Waals surface area contributed by atoms with Crippen LogP contribution in [0.25, 0.3) is 11.3 Å². The van der Waals surface area contributed by atoms with E-state index >= 15 is 0 Å². The molecule has 3 aromatic heterocycles. The number of hydrogen-bond donors (Lipinski definition) is 2. The number of aryl methyl sites for hydroxylation is 2. The molecule has 1 atom stereocenters. The van der Waals surface area contributed by atoms with Crippen LogP contribution in [0.3, 0.4) is 0 Å². The van der Waals surface area contributed by atoms with Crippen LogP contribution in [0, 0.1) is 6.92 Å². The first-order valence-corrected chi connectivity index (χ1v) is 8.23. The van der Waals surface area contributed by atoms with Crippen LogP contribution < -0.4 is 10.6 Å². The van der Waals surface area contributed by atoms with Crippen molar-refractivity contribution >= 4 is 11.8 Å². The average molecular weight is 338 g/mol. The second kappa shape index (κ2) is 6.43. The molecule has 7 heteroatoms. The van der Waals surface area contributed by atoms with E-state index in [1.54, 1.807) is 24.6 Å². The van der Waals surface area contributed by atoms with Crippen molar-refractivity contribution in [2.75, 3.05) is 5.32 Å². The maximum atomic E-state index is 12.3. The molecule has 0 saturated heterocycles. The number of rotatable bonds is 3. The first kappa shape index (κ1) is 15.4. The smallest absolute Gasteiger partial charge is 0.321 e. The van der Waals surface area contributed by atoms with Gasteiger partial charge in [0.05, 0.1) is 23.6 Å². The molecule has 7 nitrogen and oxygen atoms in total. The number of nitrogens with one attached hydrogen (secondary N) is 2. The Hall–Kier alpha value is -3.09. The standard InChI is InChI=1S/C18H18N4O3/c1-11-13(7-9-24-11)15-10-16(22-25-15)21-18(23)20-14-6-2-4-12-5-3-8-19-17(12)14/h3,5,7-10,14H,2,4,6H2,1H3,(H2,20,21,22,23)/t14-/m1/s1. The number of furan rings is 1. The number of nitrogens with zero attached hydrogens (tertiary/aromatic N) is 2. The van der Waals surface area contributed by atoms with E-state index in [-0.39, 0.29) is 12.1 Å². The summed E-state index contributed by atoms with van der Waals surface area (Å²) in [6, 6.07) is 7.04. The van der Waals surface area contributed by atoms with Gasteiger partial charge in [0, 0.05) is 12.3 Å². The second-order valence-electron chi connectivity index (χ2n) is 6.06. The van der Waals surface area contributed by atoms with Gasteiger partial charge in [-0.1, -0.05) is 11.2 Å². The zero-order valence-corrected chi connectivity index (χ0v) is 13.8. The van der Waals surface area contributed by atoms with Crippen molar-refractivity contribution in [2.45, 2.75) is 32.2 Å². The third kappa shape index (κ3) is 3.13. The third-order valence-corrected chi connectivity index (χ3v) is 4.38. The first-order valence-electron chi connectivity index (χ1n) is 8.23. The number of hydrogen-bond acceptors (Lipinski definition) is 5. The Morgan fingerprint density at radius 2 is 2.28 bits per heavy atom. The van der Waals surface area contributed by atoms with Crippen LogP contribution in [0.5, 0.6) is 0 Å². The summed E-state index contributed by atoms with van der Waals surface area (Å²) in [6.45, 7) is 1.84. The number of fused-ring (bicyclic) bond motifs is 1. The first-order chi connectivity index (χ1) is 12.2. The minimum Gasteiger partial charge on any atom is -0.469 e. The van der Waals surface area contributed by atoms with Crippen molar-refractivity contribution in [1.29, 1.82) is 0 Å². The Kier molecular flexibility index (Phi) is 3.97. The molecule has 0 spiro atoms. The van der Waals surface area contributed by atoms with Gasteiger partial charge in [0.15, 0.2) is 11.6 Å². The molecular weight excluding hydrogens is 320 g/mol. The molecule has 25 heavy (non-hydrogen) atoms. The van der Waals surface area contributed by atoms with Gasteiger partial charge in [-0.3, -0.25) is 10.3 Å². The zero-order valence-electron chi connectivity index (χ0n) is 13.8. The number of amides is 2. The van der Waals surface area contributed by atoms with Crippen molar-refractivity contribution in [2.24, 2.45) is 0 Å². The van der Waals surface area contributed by atoms with E-state index < -0.39 is 0 Å². The van der Waals surface area contributed by atoms with Crippen LogP contribution in [-0.2, 0) is 6.42 Å². The minimum absolute atomic E-state index is 0.0903. The molecular formula is C18H18N4O3. The minimum atomic E-state index is -0.327. The van der Waals surface area contributed by atoms with Crippen LogP contribution in [0.4, 0.5) is 10.6 Å². The summed E-state index contributed by atoms with van der Waals surface area (Å²) < 4.78 is 10.5. The van der Waals surface area contributed by atoms with E-state index in [1.807, 2.05) is 13.0 Å². The molecule has 0 saturated carbocycles. The maximum Gasteiger partial charge on any atom is 0.321 e. The number of aromatic nitrogens is 2. The fourth-order valence-electron chi connectivity index (χ4n) is 3.16. The van der Waals surface area contributed by atoms with Gasteiger partial charge in [-0.25, -0.2) is 4.79 Å². The molecule has 2 N–H and O–H groups in total. The van der Waals surface area contributed by atoms with E-state index in [9.17, 15) is 4.79 Å². The Morgan fingerprint density at radius 1 is 1.36 bits per heavy atom. The molecule has 1 aliphatic carbocycles. The van der Waals surface area contributed by atoms with Gasteiger partial charge in [-0.2, -0.15) is 0 Å². The van der Waals surface area contributed by atoms with Crippen LogP contribution in [-0.4, -0.2) is 16.2 Å². The van der Waals surface area contributed by atoms with Gasteiger partial charge in [-0.05, 0) is 43.9 Å². The highest BCUT2D eigenvalue weighted by atomic mass is 16.5. The molecule has 128 valence electrons. The Labute approximate surface area is 144 Å². The van der Waals surface area contributed by atoms with E-state index in [0.29, 0.717) is 11.6 Å². The van der Waals surface area contributed by atoms with Gasteiger partial charge in [0.2, 0.25) is 0 Å². The van der Waals surface area contributed by atoms with Gasteiger partial charge in [0.1, 0.15) is 5.76 Å². The summed E-state index contributed by atoms with van der Waals surface area (Å²) in [6.07, 6.45) is 6.24. The molecule has 0 fully saturated rings. The number of carbonyl (C=O) groups is 1. The van der Waals surface area contributed by atoms with E-state index in [1.165, 1.54) is 5.56 Å². The van der Waals surface area contributed by atoms with Crippen LogP contribution in [0.2, 0.25) is 0 Å². The molecule has 1 aliphatic rings. The van der Waals surface area contributed by atoms with Gasteiger partial charge >= 0.3 is 6.03 Å². The molecule has 0 unspecified atom stereocenters. The second-order valence-corrected chi connectivity index (χ2v) is 6.06. The van der Waals surface area contributed by atoms with Crippen LogP contribution in [0.15, 0.2) is 45.7 Å². The highest BCUT2D eigenvalue weighted by Crippen LogP contribution is 2.28. The normalized spacial score (nSPS) is 16.3. The molecule has 3 heterocycles. The lowest BCUT2D eigenvalue weighted by Crippen LogP contribution is -2.35. The van der Waals surface area contributed by atoms with Crippen LogP contribution in [0.1, 0.15) is 35.9 Å². The lowest BCUT2D eigenvalue weighted by molar-refractivity contribution is 0.246. The molecule has 0 radical (unpaired) electrons. The molecule has 4 rings (SSSR count). The highest BCUT2D eigenvalue weighted by Gasteiger charge is 2.23. The van der Waals surface area contributed by atoms with E-state index in [0.717, 1.165) is 36.3 Å². The molecule has 0 aliphatic heterocycles. The predicted octanol–water partition coefficient (Wildman–Crippen LogP) is 3.84. The van der Waals surface area contributed by atoms with Gasteiger partial charge < -0.3 is 14.3 Å². The predicted molar refractivity (Wildman–Crippen MR) is 91.0 cm³/mol. The van der Waals surface area contributed by atoms with E-state index in [4.69, 9.17) is 8.94 Å². The maximum absolute atomic E-state index is 12.3. The van der Waals surface area contributed by atoms with Gasteiger partial charge in [-0.15, -0.1) is 0 Å². The molecule has 3 aromatic rings. The van der Waals surface area contributed by atoms with Crippen molar-refractivity contribution in [3.8, 4) is 11.3 Å². The largest absolute Gasteiger partial charge is 0.469 e. The number of anilines is 1. The topological polar surface area (TPSA) is 93.2 Å². The number of urea groups is 1. The number of pyridine rings is 1. The fraction of sp³-hybridized carbons (Fsp3) is 0.278. The Morgan fingerprint density at radius 3 is 3.12 bits per heavy atom. The molecule has 0 bridgehead atoms. The fourth-order valence-corrected chi connectivity index (χ4v) is 3.16. The van der Waals surface area contributed by atoms with Crippen molar-refractivity contribution < 1.29 is 13.7 Å². The van der Waals surface area contributed by atoms with Crippen LogP contribution >= 0.6 is 0 Å². The Bertz CT molecular complexity index is 899. The van der Waals surface area contributed by atoms with Crippen molar-refractivity contribution in [3.05, 3.63) is 53.7 Å². The van der Waals surface area contributed by atoms with E-state index in [2.05, 4.69) is 26.8 Å². The van der Waals surface area contributed by atoms with Gasteiger partial charge in [0.25, 0.3) is 0 Å². The SMILES string of the molecule is Cc1occc1-c1cc(NC(=O)N[C@@H]2CCCc3cccnc32)no1. The Balaban J connectivity index is 1.44. The lowest BCUT2D eigenvalue weighted by atomic mass is 9.92. The summed E-state index contributed by atoms with van der Waals surface area (Å²) in [7, 11) is 0. The summed E-state index contributed by atoms with van der Waals surface area (Å²) in [4.78, 5) is 16.7. The third-order valence-electron chi connectivity index (χ3n) is 4.38. The summed E-state index contributed by atoms with van der Waals surface area (Å²) in [5.74, 6) is 1.63. The average Bonchev–Trinajstić information content (AvgIpc) is 3.24. The molecule has 0 aromatic carbocycles. The van der Waals surface area contributed by atoms with Crippen molar-refractivity contribution in [3.63, 3.8) is 0 Å². The summed E-state index contributed by atoms with van der Waals surface area (Å²) in [5, 5.41) is 9.56. The van der Waals surface area contributed by atoms with Crippen molar-refractivity contribution in [1.82, 2.24) is 15.5 Å². The monoisotopic (exact) mass is 338 g/mol. The quantitative estimate of drug-likeness (QED) is 0.757. The summed E-state index contributed by atoms with van der Waals surface area (Å²) >= 11 is 0. The zero-order chi connectivity index (χ0) is 17.2. The lowest BCUT2D eigenvalue weighted by Gasteiger charge is -2.24. The number of carbonyl (C=O) groups excluding carboxylic acids is 1. The molecule has 2 amide bonds. The summed E-state index contributed by atoms with van der Waals surface area (Å²) in [5.41, 5.74) is 2.95.